The van der Waals surface area contributed by atoms with Crippen LogP contribution in [0, 0.1) is 5.82 Å². The maximum absolute atomic E-state index is 13.5. The molecule has 0 spiro atoms. The highest BCUT2D eigenvalue weighted by atomic mass is 19.1. The van der Waals surface area contributed by atoms with E-state index in [9.17, 15) is 9.18 Å². The normalized spacial score (nSPS) is 10.2. The third kappa shape index (κ3) is 4.16. The molecule has 0 saturated carbocycles. The van der Waals surface area contributed by atoms with Gasteiger partial charge in [-0.2, -0.15) is 0 Å². The fourth-order valence-corrected chi connectivity index (χ4v) is 2.19. The first kappa shape index (κ1) is 17.6. The Morgan fingerprint density at radius 1 is 1.04 bits per heavy atom. The van der Waals surface area contributed by atoms with Crippen LogP contribution < -0.4 is 19.5 Å². The third-order valence-electron chi connectivity index (χ3n) is 3.22. The van der Waals surface area contributed by atoms with Crippen LogP contribution in [0.1, 0.15) is 24.2 Å². The number of amides is 1. The van der Waals surface area contributed by atoms with Gasteiger partial charge < -0.3 is 19.5 Å². The minimum Gasteiger partial charge on any atom is -0.496 e. The quantitative estimate of drug-likeness (QED) is 0.835. The Balaban J connectivity index is 2.33. The molecule has 0 bridgehead atoms. The van der Waals surface area contributed by atoms with Gasteiger partial charge in [-0.25, -0.2) is 4.39 Å². The van der Waals surface area contributed by atoms with Crippen molar-refractivity contribution in [2.75, 3.05) is 25.6 Å². The zero-order chi connectivity index (χ0) is 17.5. The van der Waals surface area contributed by atoms with Gasteiger partial charge in [0.25, 0.3) is 5.91 Å². The molecule has 2 aromatic carbocycles. The summed E-state index contributed by atoms with van der Waals surface area (Å²) in [6.45, 7) is 4.66. The predicted molar refractivity (Wildman–Crippen MR) is 89.7 cm³/mol. The first-order valence-electron chi connectivity index (χ1n) is 7.63. The van der Waals surface area contributed by atoms with Crippen molar-refractivity contribution in [3.63, 3.8) is 0 Å². The van der Waals surface area contributed by atoms with E-state index in [-0.39, 0.29) is 11.3 Å². The molecule has 0 fully saturated rings. The molecule has 1 amide bonds. The van der Waals surface area contributed by atoms with Gasteiger partial charge in [-0.15, -0.1) is 0 Å². The van der Waals surface area contributed by atoms with E-state index in [1.54, 1.807) is 18.2 Å². The van der Waals surface area contributed by atoms with Gasteiger partial charge in [0.05, 0.1) is 31.6 Å². The lowest BCUT2D eigenvalue weighted by Gasteiger charge is -2.14. The number of hydrogen-bond donors (Lipinski definition) is 1. The molecule has 0 aliphatic rings. The molecule has 5 nitrogen and oxygen atoms in total. The van der Waals surface area contributed by atoms with Crippen molar-refractivity contribution in [1.29, 1.82) is 0 Å². The van der Waals surface area contributed by atoms with Gasteiger partial charge in [-0.05, 0) is 44.2 Å². The van der Waals surface area contributed by atoms with Crippen molar-refractivity contribution < 1.29 is 23.4 Å². The highest BCUT2D eigenvalue weighted by Gasteiger charge is 2.16. The van der Waals surface area contributed by atoms with Gasteiger partial charge >= 0.3 is 0 Å². The van der Waals surface area contributed by atoms with Crippen molar-refractivity contribution in [1.82, 2.24) is 0 Å². The second-order valence-corrected chi connectivity index (χ2v) is 4.82. The first-order chi connectivity index (χ1) is 11.6. The van der Waals surface area contributed by atoms with Crippen LogP contribution >= 0.6 is 0 Å². The second-order valence-electron chi connectivity index (χ2n) is 4.82. The van der Waals surface area contributed by atoms with Crippen LogP contribution in [-0.4, -0.2) is 26.2 Å². The van der Waals surface area contributed by atoms with Gasteiger partial charge in [-0.3, -0.25) is 4.79 Å². The van der Waals surface area contributed by atoms with E-state index in [0.717, 1.165) is 6.07 Å². The number of carbonyl (C=O) groups is 1. The molecule has 0 atom stereocenters. The molecule has 0 aliphatic heterocycles. The van der Waals surface area contributed by atoms with E-state index < -0.39 is 11.7 Å². The van der Waals surface area contributed by atoms with Gasteiger partial charge in [0.2, 0.25) is 0 Å². The van der Waals surface area contributed by atoms with Crippen LogP contribution in [-0.2, 0) is 0 Å². The molecule has 0 aromatic heterocycles. The molecule has 0 unspecified atom stereocenters. The van der Waals surface area contributed by atoms with Crippen LogP contribution in [0.5, 0.6) is 17.2 Å². The molecule has 128 valence electrons. The second kappa shape index (κ2) is 8.19. The summed E-state index contributed by atoms with van der Waals surface area (Å²) in [6, 6.07) is 8.90. The summed E-state index contributed by atoms with van der Waals surface area (Å²) < 4.78 is 29.5. The molecule has 24 heavy (non-hydrogen) atoms. The van der Waals surface area contributed by atoms with Crippen molar-refractivity contribution >= 4 is 11.6 Å². The number of halogens is 1. The van der Waals surface area contributed by atoms with E-state index in [1.807, 2.05) is 13.8 Å². The van der Waals surface area contributed by atoms with Crippen molar-refractivity contribution in [3.05, 3.63) is 47.8 Å². The molecule has 2 aromatic rings. The Kier molecular flexibility index (Phi) is 6.01. The summed E-state index contributed by atoms with van der Waals surface area (Å²) in [4.78, 5) is 12.5. The first-order valence-corrected chi connectivity index (χ1v) is 7.63. The molecule has 0 saturated heterocycles. The lowest BCUT2D eigenvalue weighted by Crippen LogP contribution is -2.14. The molecule has 6 heteroatoms. The fourth-order valence-electron chi connectivity index (χ4n) is 2.19. The summed E-state index contributed by atoms with van der Waals surface area (Å²) >= 11 is 0. The minimum atomic E-state index is -0.519. The fraction of sp³-hybridized carbons (Fsp3) is 0.278. The molecule has 0 heterocycles. The smallest absolute Gasteiger partial charge is 0.259 e. The Bertz CT molecular complexity index is 718. The Labute approximate surface area is 140 Å². The monoisotopic (exact) mass is 333 g/mol. The molecule has 2 rings (SSSR count). The Morgan fingerprint density at radius 2 is 1.75 bits per heavy atom. The molecule has 1 N–H and O–H groups in total. The Hall–Kier alpha value is -2.76. The summed E-state index contributed by atoms with van der Waals surface area (Å²) in [5, 5.41) is 2.72. The summed E-state index contributed by atoms with van der Waals surface area (Å²) in [5.74, 6) is 0.370. The number of hydrogen-bond acceptors (Lipinski definition) is 4. The van der Waals surface area contributed by atoms with E-state index >= 15 is 0 Å². The van der Waals surface area contributed by atoms with Crippen molar-refractivity contribution in [2.24, 2.45) is 0 Å². The largest absolute Gasteiger partial charge is 0.496 e. The molecular weight excluding hydrogens is 313 g/mol. The van der Waals surface area contributed by atoms with Crippen LogP contribution in [0.25, 0.3) is 0 Å². The SMILES string of the molecule is CCOc1ccc(OCC)c(NC(=O)c2cc(F)ccc2OC)c1. The van der Waals surface area contributed by atoms with Crippen molar-refractivity contribution in [3.8, 4) is 17.2 Å². The highest BCUT2D eigenvalue weighted by Crippen LogP contribution is 2.31. The van der Waals surface area contributed by atoms with Crippen LogP contribution in [0.2, 0.25) is 0 Å². The van der Waals surface area contributed by atoms with Crippen LogP contribution in [0.3, 0.4) is 0 Å². The number of nitrogens with one attached hydrogen (secondary N) is 1. The molecular formula is C18H20FNO4. The minimum absolute atomic E-state index is 0.0989. The van der Waals surface area contributed by atoms with Gasteiger partial charge in [0.15, 0.2) is 0 Å². The topological polar surface area (TPSA) is 56.8 Å². The number of rotatable bonds is 7. The molecule has 0 radical (unpaired) electrons. The number of benzene rings is 2. The van der Waals surface area contributed by atoms with Gasteiger partial charge in [-0.1, -0.05) is 0 Å². The highest BCUT2D eigenvalue weighted by molar-refractivity contribution is 6.07. The van der Waals surface area contributed by atoms with E-state index in [0.29, 0.717) is 30.4 Å². The zero-order valence-electron chi connectivity index (χ0n) is 13.9. The van der Waals surface area contributed by atoms with Gasteiger partial charge in [0.1, 0.15) is 23.1 Å². The Morgan fingerprint density at radius 3 is 2.42 bits per heavy atom. The lowest BCUT2D eigenvalue weighted by atomic mass is 10.1. The molecule has 0 aliphatic carbocycles. The van der Waals surface area contributed by atoms with Gasteiger partial charge in [0, 0.05) is 6.07 Å². The zero-order valence-corrected chi connectivity index (χ0v) is 13.9. The van der Waals surface area contributed by atoms with Crippen LogP contribution in [0.15, 0.2) is 36.4 Å². The summed E-state index contributed by atoms with van der Waals surface area (Å²) in [6.07, 6.45) is 0. The summed E-state index contributed by atoms with van der Waals surface area (Å²) in [7, 11) is 1.42. The number of methoxy groups -OCH3 is 1. The average molecular weight is 333 g/mol. The van der Waals surface area contributed by atoms with E-state index in [1.165, 1.54) is 19.2 Å². The standard InChI is InChI=1S/C18H20FNO4/c1-4-23-13-7-9-17(24-5-2)15(11-13)20-18(21)14-10-12(19)6-8-16(14)22-3/h6-11H,4-5H2,1-3H3,(H,20,21). The van der Waals surface area contributed by atoms with E-state index in [2.05, 4.69) is 5.32 Å². The van der Waals surface area contributed by atoms with Crippen molar-refractivity contribution in [2.45, 2.75) is 13.8 Å². The number of anilines is 1. The maximum Gasteiger partial charge on any atom is 0.259 e. The van der Waals surface area contributed by atoms with Crippen LogP contribution in [0.4, 0.5) is 10.1 Å². The predicted octanol–water partition coefficient (Wildman–Crippen LogP) is 3.88. The number of ether oxygens (including phenoxy) is 3. The lowest BCUT2D eigenvalue weighted by molar-refractivity contribution is 0.102. The van der Waals surface area contributed by atoms with E-state index in [4.69, 9.17) is 14.2 Å². The third-order valence-corrected chi connectivity index (χ3v) is 3.22. The maximum atomic E-state index is 13.5. The number of carbonyl (C=O) groups excluding carboxylic acids is 1. The average Bonchev–Trinajstić information content (AvgIpc) is 2.57. The summed E-state index contributed by atoms with van der Waals surface area (Å²) in [5.41, 5.74) is 0.542.